The molecule has 0 saturated carbocycles. The number of benzene rings is 1. The van der Waals surface area contributed by atoms with Crippen molar-refractivity contribution in [3.05, 3.63) is 35.9 Å². The van der Waals surface area contributed by atoms with Crippen molar-refractivity contribution in [2.45, 2.75) is 18.9 Å². The summed E-state index contributed by atoms with van der Waals surface area (Å²) in [7, 11) is 1.35. The molecule has 1 amide bonds. The van der Waals surface area contributed by atoms with E-state index in [1.54, 1.807) is 0 Å². The maximum absolute atomic E-state index is 12.2. The van der Waals surface area contributed by atoms with Gasteiger partial charge in [0, 0.05) is 6.54 Å². The number of nitrogens with one attached hydrogen (secondary N) is 2. The van der Waals surface area contributed by atoms with Gasteiger partial charge in [0.2, 0.25) is 5.91 Å². The molecule has 2 N–H and O–H groups in total. The Hall–Kier alpha value is -1.59. The van der Waals surface area contributed by atoms with Crippen molar-refractivity contribution in [3.8, 4) is 0 Å². The van der Waals surface area contributed by atoms with E-state index in [1.807, 2.05) is 30.3 Å². The number of halogens is 1. The lowest BCUT2D eigenvalue weighted by Gasteiger charge is -2.20. The van der Waals surface area contributed by atoms with E-state index in [-0.39, 0.29) is 42.7 Å². The summed E-state index contributed by atoms with van der Waals surface area (Å²) in [5.74, 6) is -0.352. The number of ether oxygens (including phenoxy) is 1. The van der Waals surface area contributed by atoms with Gasteiger partial charge in [-0.25, -0.2) is 0 Å². The summed E-state index contributed by atoms with van der Waals surface area (Å²) in [5, 5.41) is 6.13. The molecule has 0 aromatic heterocycles. The van der Waals surface area contributed by atoms with Gasteiger partial charge in [0.05, 0.1) is 25.5 Å². The van der Waals surface area contributed by atoms with Crippen LogP contribution in [0.25, 0.3) is 0 Å². The molecule has 1 saturated heterocycles. The van der Waals surface area contributed by atoms with Crippen LogP contribution in [0.2, 0.25) is 0 Å². The number of hydrogen-bond donors (Lipinski definition) is 2. The number of carbonyl (C=O) groups excluding carboxylic acids is 2. The number of amides is 1. The Kier molecular flexibility index (Phi) is 7.19. The van der Waals surface area contributed by atoms with Crippen LogP contribution in [-0.4, -0.2) is 32.1 Å². The highest BCUT2D eigenvalue weighted by atomic mass is 35.5. The molecule has 1 aromatic rings. The van der Waals surface area contributed by atoms with Gasteiger partial charge in [-0.3, -0.25) is 9.59 Å². The van der Waals surface area contributed by atoms with Gasteiger partial charge in [-0.2, -0.15) is 0 Å². The van der Waals surface area contributed by atoms with E-state index in [0.29, 0.717) is 6.54 Å². The van der Waals surface area contributed by atoms with Gasteiger partial charge >= 0.3 is 5.97 Å². The quantitative estimate of drug-likeness (QED) is 0.807. The molecule has 0 spiro atoms. The zero-order valence-electron chi connectivity index (χ0n) is 12.0. The SMILES string of the molecule is COC(=O)CC(NC(=O)C1CCNC1)c1ccccc1.Cl. The fourth-order valence-electron chi connectivity index (χ4n) is 2.36. The Morgan fingerprint density at radius 1 is 1.38 bits per heavy atom. The number of esters is 1. The largest absolute Gasteiger partial charge is 0.469 e. The molecule has 1 aliphatic heterocycles. The summed E-state index contributed by atoms with van der Waals surface area (Å²) >= 11 is 0. The molecule has 5 nitrogen and oxygen atoms in total. The first-order valence-electron chi connectivity index (χ1n) is 6.83. The standard InChI is InChI=1S/C15H20N2O3.ClH/c1-20-14(18)9-13(11-5-3-2-4-6-11)17-15(19)12-7-8-16-10-12;/h2-6,12-13,16H,7-10H2,1H3,(H,17,19);1H. The Balaban J connectivity index is 0.00000220. The summed E-state index contributed by atoms with van der Waals surface area (Å²) in [4.78, 5) is 23.7. The van der Waals surface area contributed by atoms with Crippen molar-refractivity contribution in [1.29, 1.82) is 0 Å². The molecule has 0 radical (unpaired) electrons. The van der Waals surface area contributed by atoms with E-state index >= 15 is 0 Å². The second kappa shape index (κ2) is 8.64. The minimum Gasteiger partial charge on any atom is -0.469 e. The number of carbonyl (C=O) groups is 2. The summed E-state index contributed by atoms with van der Waals surface area (Å²) < 4.78 is 4.71. The van der Waals surface area contributed by atoms with Crippen molar-refractivity contribution in [2.24, 2.45) is 5.92 Å². The molecule has 0 bridgehead atoms. The molecule has 2 atom stereocenters. The summed E-state index contributed by atoms with van der Waals surface area (Å²) in [6.45, 7) is 1.57. The van der Waals surface area contributed by atoms with Gasteiger partial charge < -0.3 is 15.4 Å². The first kappa shape index (κ1) is 17.5. The van der Waals surface area contributed by atoms with Crippen LogP contribution in [0.15, 0.2) is 30.3 Å². The average Bonchev–Trinajstić information content (AvgIpc) is 3.01. The van der Waals surface area contributed by atoms with Gasteiger partial charge in [-0.15, -0.1) is 12.4 Å². The number of methoxy groups -OCH3 is 1. The number of rotatable bonds is 5. The van der Waals surface area contributed by atoms with Crippen LogP contribution >= 0.6 is 12.4 Å². The first-order chi connectivity index (χ1) is 9.70. The van der Waals surface area contributed by atoms with Crippen LogP contribution in [0.1, 0.15) is 24.4 Å². The fourth-order valence-corrected chi connectivity index (χ4v) is 2.36. The zero-order valence-corrected chi connectivity index (χ0v) is 12.8. The van der Waals surface area contributed by atoms with Crippen molar-refractivity contribution < 1.29 is 14.3 Å². The lowest BCUT2D eigenvalue weighted by atomic mass is 10.0. The highest BCUT2D eigenvalue weighted by Crippen LogP contribution is 2.19. The number of hydrogen-bond acceptors (Lipinski definition) is 4. The Bertz CT molecular complexity index is 461. The zero-order chi connectivity index (χ0) is 14.4. The molecular weight excluding hydrogens is 292 g/mol. The molecule has 21 heavy (non-hydrogen) atoms. The van der Waals surface area contributed by atoms with Crippen LogP contribution in [0.4, 0.5) is 0 Å². The highest BCUT2D eigenvalue weighted by Gasteiger charge is 2.26. The van der Waals surface area contributed by atoms with E-state index in [9.17, 15) is 9.59 Å². The molecule has 116 valence electrons. The van der Waals surface area contributed by atoms with Crippen LogP contribution in [-0.2, 0) is 14.3 Å². The smallest absolute Gasteiger partial charge is 0.307 e. The van der Waals surface area contributed by atoms with Gasteiger partial charge in [-0.05, 0) is 18.5 Å². The Morgan fingerprint density at radius 2 is 2.10 bits per heavy atom. The predicted molar refractivity (Wildman–Crippen MR) is 82.2 cm³/mol. The van der Waals surface area contributed by atoms with E-state index in [1.165, 1.54) is 7.11 Å². The maximum Gasteiger partial charge on any atom is 0.307 e. The van der Waals surface area contributed by atoms with E-state index in [0.717, 1.165) is 18.5 Å². The van der Waals surface area contributed by atoms with E-state index in [2.05, 4.69) is 10.6 Å². The molecule has 1 fully saturated rings. The van der Waals surface area contributed by atoms with Crippen LogP contribution in [0.5, 0.6) is 0 Å². The van der Waals surface area contributed by atoms with Gasteiger partial charge in [0.25, 0.3) is 0 Å². The average molecular weight is 313 g/mol. The topological polar surface area (TPSA) is 67.4 Å². The fraction of sp³-hybridized carbons (Fsp3) is 0.467. The molecule has 1 aliphatic rings. The Labute approximate surface area is 130 Å². The van der Waals surface area contributed by atoms with Gasteiger partial charge in [0.15, 0.2) is 0 Å². The highest BCUT2D eigenvalue weighted by molar-refractivity contribution is 5.85. The second-order valence-electron chi connectivity index (χ2n) is 4.94. The lowest BCUT2D eigenvalue weighted by Crippen LogP contribution is -2.36. The van der Waals surface area contributed by atoms with E-state index < -0.39 is 0 Å². The minimum atomic E-state index is -0.336. The monoisotopic (exact) mass is 312 g/mol. The molecule has 1 heterocycles. The molecule has 2 rings (SSSR count). The van der Waals surface area contributed by atoms with Crippen molar-refractivity contribution in [3.63, 3.8) is 0 Å². The molecule has 1 aromatic carbocycles. The van der Waals surface area contributed by atoms with Gasteiger partial charge in [-0.1, -0.05) is 30.3 Å². The van der Waals surface area contributed by atoms with Crippen molar-refractivity contribution in [2.75, 3.05) is 20.2 Å². The third-order valence-electron chi connectivity index (χ3n) is 3.55. The first-order valence-corrected chi connectivity index (χ1v) is 6.83. The predicted octanol–water partition coefficient (Wildman–Crippen LogP) is 1.44. The van der Waals surface area contributed by atoms with Gasteiger partial charge in [0.1, 0.15) is 0 Å². The normalized spacial score (nSPS) is 18.4. The lowest BCUT2D eigenvalue weighted by molar-refractivity contribution is -0.141. The summed E-state index contributed by atoms with van der Waals surface area (Å²) in [6.07, 6.45) is 0.984. The Morgan fingerprint density at radius 3 is 2.67 bits per heavy atom. The summed E-state index contributed by atoms with van der Waals surface area (Å²) in [5.41, 5.74) is 0.914. The summed E-state index contributed by atoms with van der Waals surface area (Å²) in [6, 6.07) is 9.16. The molecule has 0 aliphatic carbocycles. The third kappa shape index (κ3) is 5.02. The molecule has 6 heteroatoms. The maximum atomic E-state index is 12.2. The van der Waals surface area contributed by atoms with E-state index in [4.69, 9.17) is 4.74 Å². The van der Waals surface area contributed by atoms with Crippen LogP contribution in [0.3, 0.4) is 0 Å². The molecule has 2 unspecified atom stereocenters. The third-order valence-corrected chi connectivity index (χ3v) is 3.55. The van der Waals surface area contributed by atoms with Crippen LogP contribution in [0, 0.1) is 5.92 Å². The minimum absolute atomic E-state index is 0. The van der Waals surface area contributed by atoms with Crippen molar-refractivity contribution >= 4 is 24.3 Å². The van der Waals surface area contributed by atoms with Crippen molar-refractivity contribution in [1.82, 2.24) is 10.6 Å². The second-order valence-corrected chi connectivity index (χ2v) is 4.94. The molecular formula is C15H21ClN2O3. The van der Waals surface area contributed by atoms with Crippen LogP contribution < -0.4 is 10.6 Å².